The molecule has 4 rings (SSSR count). The number of benzene rings is 1. The van der Waals surface area contributed by atoms with Crippen molar-refractivity contribution in [2.75, 3.05) is 26.9 Å². The summed E-state index contributed by atoms with van der Waals surface area (Å²) >= 11 is 0. The maximum Gasteiger partial charge on any atom is 0.309 e. The van der Waals surface area contributed by atoms with Gasteiger partial charge < -0.3 is 19.7 Å². The van der Waals surface area contributed by atoms with Crippen LogP contribution in [0.15, 0.2) is 12.1 Å². The Morgan fingerprint density at radius 1 is 1.26 bits per heavy atom. The third-order valence-corrected chi connectivity index (χ3v) is 8.70. The molecule has 196 valence electrons. The second-order valence-corrected chi connectivity index (χ2v) is 11.5. The number of esters is 1. The number of carbonyl (C=O) groups is 1. The predicted molar refractivity (Wildman–Crippen MR) is 136 cm³/mol. The van der Waals surface area contributed by atoms with Crippen LogP contribution in [-0.2, 0) is 16.0 Å². The molecule has 6 nitrogen and oxygen atoms in total. The molecule has 0 amide bonds. The minimum atomic E-state index is -0.458. The molecule has 2 aliphatic carbocycles. The van der Waals surface area contributed by atoms with Crippen LogP contribution in [0.3, 0.4) is 0 Å². The van der Waals surface area contributed by atoms with Crippen LogP contribution in [0.1, 0.15) is 81.5 Å². The van der Waals surface area contributed by atoms with Gasteiger partial charge in [-0.3, -0.25) is 9.69 Å². The highest BCUT2D eigenvalue weighted by Gasteiger charge is 2.48. The van der Waals surface area contributed by atoms with Crippen molar-refractivity contribution < 1.29 is 24.5 Å². The fourth-order valence-electron chi connectivity index (χ4n) is 6.34. The normalized spacial score (nSPS) is 26.5. The maximum atomic E-state index is 12.7. The lowest BCUT2D eigenvalue weighted by Gasteiger charge is -2.43. The second-order valence-electron chi connectivity index (χ2n) is 11.5. The van der Waals surface area contributed by atoms with Gasteiger partial charge in [0.25, 0.3) is 0 Å². The average Bonchev–Trinajstić information content (AvgIpc) is 3.16. The van der Waals surface area contributed by atoms with Gasteiger partial charge in [-0.2, -0.15) is 0 Å². The number of aryl methyl sites for hydroxylation is 1. The summed E-state index contributed by atoms with van der Waals surface area (Å²) < 4.78 is 11.8. The van der Waals surface area contributed by atoms with Crippen LogP contribution < -0.4 is 4.74 Å². The van der Waals surface area contributed by atoms with Gasteiger partial charge in [0, 0.05) is 24.6 Å². The number of aliphatic hydroxyl groups is 2. The third kappa shape index (κ3) is 5.86. The van der Waals surface area contributed by atoms with Crippen molar-refractivity contribution in [1.29, 1.82) is 0 Å². The number of hydrogen-bond donors (Lipinski definition) is 2. The van der Waals surface area contributed by atoms with E-state index < -0.39 is 6.10 Å². The Balaban J connectivity index is 1.60. The quantitative estimate of drug-likeness (QED) is 0.425. The SMILES string of the molecule is CCCC(CC(O)CC(C)CO)N(C)C1c2cc(C)c(OCC3CCC3)cc2C[C@H]2C(=O)OCC12. The predicted octanol–water partition coefficient (Wildman–Crippen LogP) is 4.43. The minimum Gasteiger partial charge on any atom is -0.493 e. The number of aliphatic hydroxyl groups excluding tert-OH is 2. The van der Waals surface area contributed by atoms with Crippen LogP contribution in [0, 0.1) is 30.6 Å². The molecule has 1 aromatic carbocycles. The Morgan fingerprint density at radius 2 is 2.03 bits per heavy atom. The van der Waals surface area contributed by atoms with Gasteiger partial charge in [-0.05, 0) is 87.1 Å². The molecule has 0 bridgehead atoms. The van der Waals surface area contributed by atoms with E-state index in [1.165, 1.54) is 30.4 Å². The fourth-order valence-corrected chi connectivity index (χ4v) is 6.34. The lowest BCUT2D eigenvalue weighted by atomic mass is 9.72. The van der Waals surface area contributed by atoms with Gasteiger partial charge in [-0.25, -0.2) is 0 Å². The monoisotopic (exact) mass is 487 g/mol. The molecule has 6 atom stereocenters. The van der Waals surface area contributed by atoms with E-state index in [9.17, 15) is 15.0 Å². The van der Waals surface area contributed by atoms with Crippen molar-refractivity contribution in [2.24, 2.45) is 23.7 Å². The second kappa shape index (κ2) is 11.6. The molecule has 1 saturated carbocycles. The van der Waals surface area contributed by atoms with E-state index >= 15 is 0 Å². The number of ether oxygens (including phenoxy) is 2. The van der Waals surface area contributed by atoms with Crippen LogP contribution in [0.2, 0.25) is 0 Å². The first-order chi connectivity index (χ1) is 16.8. The van der Waals surface area contributed by atoms with Crippen LogP contribution in [0.25, 0.3) is 0 Å². The Morgan fingerprint density at radius 3 is 2.69 bits per heavy atom. The molecule has 35 heavy (non-hydrogen) atoms. The van der Waals surface area contributed by atoms with Crippen LogP contribution in [0.5, 0.6) is 5.75 Å². The van der Waals surface area contributed by atoms with E-state index in [0.29, 0.717) is 31.8 Å². The Bertz CT molecular complexity index is 869. The largest absolute Gasteiger partial charge is 0.493 e. The van der Waals surface area contributed by atoms with E-state index in [4.69, 9.17) is 9.47 Å². The molecule has 1 saturated heterocycles. The Hall–Kier alpha value is -1.63. The summed E-state index contributed by atoms with van der Waals surface area (Å²) in [6.45, 7) is 7.60. The number of nitrogens with zero attached hydrogens (tertiary/aromatic N) is 1. The highest BCUT2D eigenvalue weighted by atomic mass is 16.5. The Kier molecular flexibility index (Phi) is 8.77. The zero-order chi connectivity index (χ0) is 25.1. The lowest BCUT2D eigenvalue weighted by molar-refractivity contribution is -0.141. The molecule has 1 aliphatic heterocycles. The summed E-state index contributed by atoms with van der Waals surface area (Å²) in [6, 6.07) is 4.70. The molecule has 0 aromatic heterocycles. The smallest absolute Gasteiger partial charge is 0.309 e. The first-order valence-electron chi connectivity index (χ1n) is 13.8. The molecule has 2 fully saturated rings. The molecule has 5 unspecified atom stereocenters. The van der Waals surface area contributed by atoms with Crippen molar-refractivity contribution >= 4 is 5.97 Å². The fraction of sp³-hybridized carbons (Fsp3) is 0.759. The highest BCUT2D eigenvalue weighted by Crippen LogP contribution is 2.47. The summed E-state index contributed by atoms with van der Waals surface area (Å²) in [7, 11) is 2.15. The summed E-state index contributed by atoms with van der Waals surface area (Å²) in [5.74, 6) is 1.61. The number of cyclic esters (lactones) is 1. The summed E-state index contributed by atoms with van der Waals surface area (Å²) in [4.78, 5) is 15.1. The number of fused-ring (bicyclic) bond motifs is 2. The van der Waals surface area contributed by atoms with Gasteiger partial charge in [-0.1, -0.05) is 32.8 Å². The average molecular weight is 488 g/mol. The van der Waals surface area contributed by atoms with Gasteiger partial charge in [0.1, 0.15) is 5.75 Å². The molecule has 1 aromatic rings. The van der Waals surface area contributed by atoms with Crippen LogP contribution in [-0.4, -0.2) is 60.1 Å². The molecular formula is C29H45NO5. The molecule has 3 aliphatic rings. The molecule has 1 heterocycles. The number of carbonyl (C=O) groups excluding carboxylic acids is 1. The van der Waals surface area contributed by atoms with Crippen molar-refractivity contribution in [2.45, 2.75) is 90.3 Å². The van der Waals surface area contributed by atoms with E-state index in [1.54, 1.807) is 0 Å². The minimum absolute atomic E-state index is 0.0635. The van der Waals surface area contributed by atoms with Gasteiger partial charge >= 0.3 is 5.97 Å². The molecule has 6 heteroatoms. The van der Waals surface area contributed by atoms with Gasteiger partial charge in [0.15, 0.2) is 0 Å². The van der Waals surface area contributed by atoms with Crippen molar-refractivity contribution in [3.05, 3.63) is 28.8 Å². The van der Waals surface area contributed by atoms with Crippen LogP contribution in [0.4, 0.5) is 0 Å². The van der Waals surface area contributed by atoms with Crippen molar-refractivity contribution in [1.82, 2.24) is 4.90 Å². The summed E-state index contributed by atoms with van der Waals surface area (Å²) in [5, 5.41) is 20.2. The van der Waals surface area contributed by atoms with E-state index in [2.05, 4.69) is 37.9 Å². The zero-order valence-electron chi connectivity index (χ0n) is 22.0. The van der Waals surface area contributed by atoms with Crippen molar-refractivity contribution in [3.8, 4) is 5.75 Å². The standard InChI is InChI=1S/C29H45NO5/c1-5-7-22(14-23(32)10-18(2)15-31)30(4)28-24-11-19(3)27(34-16-20-8-6-9-20)13-21(24)12-25-26(28)17-35-29(25)33/h11,13,18,20,22-23,25-26,28,31-32H,5-10,12,14-17H2,1-4H3/t18?,22?,23?,25-,26?,28?/m1/s1. The summed E-state index contributed by atoms with van der Waals surface area (Å²) in [5.41, 5.74) is 3.62. The first-order valence-corrected chi connectivity index (χ1v) is 13.8. The Labute approximate surface area is 211 Å². The highest BCUT2D eigenvalue weighted by molar-refractivity contribution is 5.76. The number of rotatable bonds is 12. The van der Waals surface area contributed by atoms with Crippen molar-refractivity contribution in [3.63, 3.8) is 0 Å². The lowest BCUT2D eigenvalue weighted by Crippen LogP contribution is -2.45. The van der Waals surface area contributed by atoms with Gasteiger partial charge in [0.05, 0.1) is 25.2 Å². The molecule has 0 radical (unpaired) electrons. The first kappa shape index (κ1) is 26.4. The molecule has 0 spiro atoms. The van der Waals surface area contributed by atoms with Crippen LogP contribution >= 0.6 is 0 Å². The zero-order valence-corrected chi connectivity index (χ0v) is 22.0. The topological polar surface area (TPSA) is 79.2 Å². The number of hydrogen-bond acceptors (Lipinski definition) is 6. The van der Waals surface area contributed by atoms with E-state index in [0.717, 1.165) is 30.8 Å². The third-order valence-electron chi connectivity index (χ3n) is 8.70. The molecule has 2 N–H and O–H groups in total. The van der Waals surface area contributed by atoms with E-state index in [1.807, 2.05) is 6.92 Å². The molecular weight excluding hydrogens is 442 g/mol. The van der Waals surface area contributed by atoms with E-state index in [-0.39, 0.29) is 42.4 Å². The summed E-state index contributed by atoms with van der Waals surface area (Å²) in [6.07, 6.45) is 7.33. The van der Waals surface area contributed by atoms with Gasteiger partial charge in [-0.15, -0.1) is 0 Å². The van der Waals surface area contributed by atoms with Gasteiger partial charge in [0.2, 0.25) is 0 Å². The maximum absolute atomic E-state index is 12.7.